The third-order valence-corrected chi connectivity index (χ3v) is 4.33. The number of halogens is 1. The lowest BCUT2D eigenvalue weighted by Gasteiger charge is -2.25. The molecule has 122 valence electrons. The smallest absolute Gasteiger partial charge is 0.224 e. The van der Waals surface area contributed by atoms with Gasteiger partial charge in [0.05, 0.1) is 11.6 Å². The predicted octanol–water partition coefficient (Wildman–Crippen LogP) is 2.15. The van der Waals surface area contributed by atoms with Crippen molar-refractivity contribution < 1.29 is 9.18 Å². The number of amides is 1. The van der Waals surface area contributed by atoms with Crippen molar-refractivity contribution in [2.75, 3.05) is 7.05 Å². The fourth-order valence-electron chi connectivity index (χ4n) is 3.08. The summed E-state index contributed by atoms with van der Waals surface area (Å²) < 4.78 is 13.4. The maximum Gasteiger partial charge on any atom is 0.224 e. The zero-order valence-corrected chi connectivity index (χ0v) is 13.2. The molecule has 0 spiro atoms. The van der Waals surface area contributed by atoms with E-state index in [1.165, 1.54) is 12.1 Å². The van der Waals surface area contributed by atoms with Crippen LogP contribution in [0.5, 0.6) is 0 Å². The average Bonchev–Trinajstić information content (AvgIpc) is 2.89. The quantitative estimate of drug-likeness (QED) is 0.936. The number of benzene rings is 1. The molecule has 0 radical (unpaired) electrons. The third kappa shape index (κ3) is 3.12. The van der Waals surface area contributed by atoms with E-state index in [9.17, 15) is 9.18 Å². The maximum absolute atomic E-state index is 13.4. The second-order valence-electron chi connectivity index (χ2n) is 5.85. The van der Waals surface area contributed by atoms with Crippen LogP contribution in [0.15, 0.2) is 42.7 Å². The zero-order valence-electron chi connectivity index (χ0n) is 13.2. The topological polar surface area (TPSA) is 69.0 Å². The molecule has 1 amide bonds. The van der Waals surface area contributed by atoms with E-state index in [0.717, 1.165) is 11.1 Å². The van der Waals surface area contributed by atoms with E-state index in [1.54, 1.807) is 30.4 Å². The number of aromatic nitrogens is 1. The van der Waals surface area contributed by atoms with Crippen molar-refractivity contribution in [3.63, 3.8) is 0 Å². The van der Waals surface area contributed by atoms with Crippen LogP contribution in [-0.4, -0.2) is 28.9 Å². The van der Waals surface area contributed by atoms with Gasteiger partial charge in [-0.15, -0.1) is 0 Å². The first-order valence-electron chi connectivity index (χ1n) is 7.67. The Labute approximate surface area is 139 Å². The number of pyridine rings is 1. The summed E-state index contributed by atoms with van der Waals surface area (Å²) in [5, 5.41) is 12.3. The van der Waals surface area contributed by atoms with Crippen LogP contribution in [0.1, 0.15) is 29.2 Å². The summed E-state index contributed by atoms with van der Waals surface area (Å²) in [6.45, 7) is 0.456. The molecule has 0 saturated carbocycles. The van der Waals surface area contributed by atoms with Gasteiger partial charge in [0, 0.05) is 38.4 Å². The lowest BCUT2D eigenvalue weighted by molar-refractivity contribution is -0.127. The molecule has 1 saturated heterocycles. The first kappa shape index (κ1) is 16.1. The Hall–Kier alpha value is -2.78. The summed E-state index contributed by atoms with van der Waals surface area (Å²) >= 11 is 0. The molecule has 24 heavy (non-hydrogen) atoms. The van der Waals surface area contributed by atoms with Gasteiger partial charge < -0.3 is 10.2 Å². The molecule has 0 aliphatic carbocycles. The van der Waals surface area contributed by atoms with E-state index in [-0.39, 0.29) is 23.6 Å². The molecule has 2 heterocycles. The highest BCUT2D eigenvalue weighted by atomic mass is 19.1. The number of rotatable bonds is 4. The van der Waals surface area contributed by atoms with E-state index < -0.39 is 5.82 Å². The lowest BCUT2D eigenvalue weighted by atomic mass is 10.0. The minimum Gasteiger partial charge on any atom is -0.337 e. The van der Waals surface area contributed by atoms with Crippen LogP contribution >= 0.6 is 0 Å². The predicted molar refractivity (Wildman–Crippen MR) is 86.1 cm³/mol. The number of nitrogens with zero attached hydrogens (tertiary/aromatic N) is 3. The molecule has 1 aromatic heterocycles. The van der Waals surface area contributed by atoms with Crippen molar-refractivity contribution in [2.24, 2.45) is 0 Å². The van der Waals surface area contributed by atoms with Crippen molar-refractivity contribution in [1.29, 1.82) is 5.26 Å². The monoisotopic (exact) mass is 324 g/mol. The standard InChI is InChI=1S/C18H17FN4O/c1-23-17(24)8-16(18(23)13-3-2-6-21-11-13)22-10-12-4-5-15(19)14(7-12)9-20/h2-7,11,16,18,22H,8,10H2,1H3/t16-,18+/m1/s1. The molecule has 2 aromatic rings. The van der Waals surface area contributed by atoms with Crippen molar-refractivity contribution in [1.82, 2.24) is 15.2 Å². The minimum absolute atomic E-state index is 0.0257. The van der Waals surface area contributed by atoms with Crippen LogP contribution in [0.2, 0.25) is 0 Å². The molecule has 1 aliphatic heterocycles. The van der Waals surface area contributed by atoms with E-state index in [1.807, 2.05) is 18.2 Å². The molecule has 1 aliphatic rings. The van der Waals surface area contributed by atoms with Gasteiger partial charge in [0.2, 0.25) is 5.91 Å². The van der Waals surface area contributed by atoms with Crippen molar-refractivity contribution in [3.8, 4) is 6.07 Å². The van der Waals surface area contributed by atoms with Crippen molar-refractivity contribution >= 4 is 5.91 Å². The van der Waals surface area contributed by atoms with Crippen molar-refractivity contribution in [2.45, 2.75) is 25.0 Å². The van der Waals surface area contributed by atoms with Crippen LogP contribution < -0.4 is 5.32 Å². The number of nitrogens with one attached hydrogen (secondary N) is 1. The van der Waals surface area contributed by atoms with Gasteiger partial charge in [-0.1, -0.05) is 12.1 Å². The molecular weight excluding hydrogens is 307 g/mol. The van der Waals surface area contributed by atoms with E-state index in [2.05, 4.69) is 10.3 Å². The number of nitriles is 1. The Morgan fingerprint density at radius 3 is 3.00 bits per heavy atom. The Morgan fingerprint density at radius 2 is 2.29 bits per heavy atom. The van der Waals surface area contributed by atoms with Crippen LogP contribution in [0, 0.1) is 17.1 Å². The second kappa shape index (κ2) is 6.77. The van der Waals surface area contributed by atoms with E-state index in [4.69, 9.17) is 5.26 Å². The zero-order chi connectivity index (χ0) is 17.1. The van der Waals surface area contributed by atoms with Gasteiger partial charge in [0.25, 0.3) is 0 Å². The summed E-state index contributed by atoms with van der Waals surface area (Å²) in [7, 11) is 1.79. The number of likely N-dealkylation sites (tertiary alicyclic amines) is 1. The Kier molecular flexibility index (Phi) is 4.54. The summed E-state index contributed by atoms with van der Waals surface area (Å²) in [4.78, 5) is 18.0. The summed E-state index contributed by atoms with van der Waals surface area (Å²) in [5.74, 6) is -0.455. The number of hydrogen-bond acceptors (Lipinski definition) is 4. The highest BCUT2D eigenvalue weighted by Gasteiger charge is 2.38. The fourth-order valence-corrected chi connectivity index (χ4v) is 3.08. The minimum atomic E-state index is -0.523. The van der Waals surface area contributed by atoms with Crippen LogP contribution in [0.4, 0.5) is 4.39 Å². The van der Waals surface area contributed by atoms with Gasteiger partial charge in [-0.05, 0) is 29.3 Å². The Morgan fingerprint density at radius 1 is 1.46 bits per heavy atom. The van der Waals surface area contributed by atoms with Gasteiger partial charge in [0.15, 0.2) is 0 Å². The first-order valence-corrected chi connectivity index (χ1v) is 7.67. The first-order chi connectivity index (χ1) is 11.6. The largest absolute Gasteiger partial charge is 0.337 e. The Bertz CT molecular complexity index is 787. The summed E-state index contributed by atoms with van der Waals surface area (Å²) in [6.07, 6.45) is 3.85. The summed E-state index contributed by atoms with van der Waals surface area (Å²) in [6, 6.07) is 9.94. The van der Waals surface area contributed by atoms with Gasteiger partial charge in [-0.2, -0.15) is 5.26 Å². The van der Waals surface area contributed by atoms with Gasteiger partial charge in [0.1, 0.15) is 11.9 Å². The SMILES string of the molecule is CN1C(=O)C[C@@H](NCc2ccc(F)c(C#N)c2)[C@@H]1c1cccnc1. The third-order valence-electron chi connectivity index (χ3n) is 4.33. The molecule has 5 nitrogen and oxygen atoms in total. The maximum atomic E-state index is 13.4. The molecule has 0 bridgehead atoms. The van der Waals surface area contributed by atoms with Crippen LogP contribution in [0.25, 0.3) is 0 Å². The number of likely N-dealkylation sites (N-methyl/N-ethyl adjacent to an activating group) is 1. The molecule has 1 N–H and O–H groups in total. The molecule has 3 rings (SSSR count). The molecular formula is C18H17FN4O. The molecule has 0 unspecified atom stereocenters. The van der Waals surface area contributed by atoms with Crippen LogP contribution in [0.3, 0.4) is 0 Å². The lowest BCUT2D eigenvalue weighted by Crippen LogP contribution is -2.34. The fraction of sp³-hybridized carbons (Fsp3) is 0.278. The Balaban J connectivity index is 1.76. The number of hydrogen-bond donors (Lipinski definition) is 1. The molecule has 1 aromatic carbocycles. The number of carbonyl (C=O) groups is 1. The second-order valence-corrected chi connectivity index (χ2v) is 5.85. The molecule has 1 fully saturated rings. The normalized spacial score (nSPS) is 20.2. The van der Waals surface area contributed by atoms with Gasteiger partial charge in [-0.3, -0.25) is 9.78 Å². The van der Waals surface area contributed by atoms with E-state index in [0.29, 0.717) is 13.0 Å². The number of carbonyl (C=O) groups excluding carboxylic acids is 1. The van der Waals surface area contributed by atoms with Crippen molar-refractivity contribution in [3.05, 3.63) is 65.2 Å². The summed E-state index contributed by atoms with van der Waals surface area (Å²) in [5.41, 5.74) is 1.80. The van der Waals surface area contributed by atoms with Gasteiger partial charge in [-0.25, -0.2) is 4.39 Å². The molecule has 6 heteroatoms. The highest BCUT2D eigenvalue weighted by Crippen LogP contribution is 2.31. The van der Waals surface area contributed by atoms with Gasteiger partial charge >= 0.3 is 0 Å². The highest BCUT2D eigenvalue weighted by molar-refractivity contribution is 5.80. The average molecular weight is 324 g/mol. The van der Waals surface area contributed by atoms with Crippen LogP contribution in [-0.2, 0) is 11.3 Å². The van der Waals surface area contributed by atoms with E-state index >= 15 is 0 Å². The molecule has 2 atom stereocenters.